The number of anilines is 1. The van der Waals surface area contributed by atoms with E-state index in [9.17, 15) is 9.59 Å². The Hall–Kier alpha value is -2.88. The molecule has 3 atom stereocenters. The molecule has 2 fully saturated rings. The van der Waals surface area contributed by atoms with Crippen molar-refractivity contribution >= 4 is 17.8 Å². The zero-order valence-corrected chi connectivity index (χ0v) is 17.2. The number of carbonyl (C=O) groups is 2. The van der Waals surface area contributed by atoms with Crippen molar-refractivity contribution in [1.29, 1.82) is 0 Å². The van der Waals surface area contributed by atoms with E-state index in [-0.39, 0.29) is 29.9 Å². The molecule has 2 aliphatic rings. The minimum atomic E-state index is -0.395. The molecule has 162 valence electrons. The number of amides is 2. The van der Waals surface area contributed by atoms with Gasteiger partial charge in [-0.15, -0.1) is 0 Å². The molecule has 10 nitrogen and oxygen atoms in total. The van der Waals surface area contributed by atoms with Crippen LogP contribution in [0.15, 0.2) is 16.7 Å². The van der Waals surface area contributed by atoms with Crippen LogP contribution in [0.3, 0.4) is 0 Å². The van der Waals surface area contributed by atoms with Crippen LogP contribution in [0.4, 0.5) is 10.6 Å². The van der Waals surface area contributed by atoms with E-state index in [4.69, 9.17) is 13.9 Å². The molecule has 1 saturated carbocycles. The van der Waals surface area contributed by atoms with Gasteiger partial charge in [-0.05, 0) is 39.5 Å². The smallest absolute Gasteiger partial charge is 0.407 e. The van der Waals surface area contributed by atoms with Crippen LogP contribution in [-0.4, -0.2) is 52.0 Å². The maximum absolute atomic E-state index is 12.2. The van der Waals surface area contributed by atoms with Crippen molar-refractivity contribution in [3.63, 3.8) is 0 Å². The molecule has 0 bridgehead atoms. The summed E-state index contributed by atoms with van der Waals surface area (Å²) in [5, 5.41) is 12.8. The zero-order chi connectivity index (χ0) is 21.1. The van der Waals surface area contributed by atoms with Gasteiger partial charge >= 0.3 is 6.09 Å². The lowest BCUT2D eigenvalue weighted by Gasteiger charge is -2.24. The highest BCUT2D eigenvalue weighted by atomic mass is 16.6. The highest BCUT2D eigenvalue weighted by molar-refractivity contribution is 5.90. The molecular formula is C20H27N5O5. The first-order chi connectivity index (χ1) is 14.4. The molecule has 1 unspecified atom stereocenters. The molecule has 0 radical (unpaired) electrons. The molecule has 10 heteroatoms. The third-order valence-electron chi connectivity index (χ3n) is 5.57. The number of aromatic amines is 1. The molecule has 2 amide bonds. The normalized spacial score (nSPS) is 25.9. The third-order valence-corrected chi connectivity index (χ3v) is 5.57. The van der Waals surface area contributed by atoms with Crippen LogP contribution in [0.1, 0.15) is 55.9 Å². The first-order valence-corrected chi connectivity index (χ1v) is 10.2. The number of aromatic nitrogens is 3. The fourth-order valence-corrected chi connectivity index (χ4v) is 3.94. The summed E-state index contributed by atoms with van der Waals surface area (Å²) in [5.74, 6) is 1.43. The van der Waals surface area contributed by atoms with Gasteiger partial charge in [0.1, 0.15) is 18.3 Å². The second-order valence-corrected chi connectivity index (χ2v) is 8.32. The Morgan fingerprint density at radius 1 is 1.40 bits per heavy atom. The molecule has 4 rings (SSSR count). The van der Waals surface area contributed by atoms with Crippen LogP contribution >= 0.6 is 0 Å². The Morgan fingerprint density at radius 3 is 3.00 bits per heavy atom. The van der Waals surface area contributed by atoms with Crippen LogP contribution in [-0.2, 0) is 20.7 Å². The molecule has 0 spiro atoms. The monoisotopic (exact) mass is 417 g/mol. The highest BCUT2D eigenvalue weighted by Gasteiger charge is 2.34. The molecule has 2 aromatic rings. The summed E-state index contributed by atoms with van der Waals surface area (Å²) in [5.41, 5.74) is 0.565. The van der Waals surface area contributed by atoms with Gasteiger partial charge in [-0.2, -0.15) is 5.10 Å². The van der Waals surface area contributed by atoms with E-state index in [2.05, 4.69) is 25.8 Å². The minimum absolute atomic E-state index is 0.0500. The van der Waals surface area contributed by atoms with E-state index in [0.717, 1.165) is 25.0 Å². The summed E-state index contributed by atoms with van der Waals surface area (Å²) < 4.78 is 16.3. The summed E-state index contributed by atoms with van der Waals surface area (Å²) in [6.07, 6.45) is 4.26. The standard InChI is InChI=1S/C20H27N5O5/c1-12-10-21-18(29-12)9-17(26)22-16-8-15(24-25-16)13-3-4-14(7-13)30-19(27)23-20(2)5-6-28-11-20/h8,10,13-14H,3-7,9,11H2,1-2H3,(H,23,27)(H2,22,24,25,26)/t13-,14+,20?/m1/s1. The number of nitrogens with zero attached hydrogens (tertiary/aromatic N) is 2. The van der Waals surface area contributed by atoms with Crippen molar-refractivity contribution in [1.82, 2.24) is 20.5 Å². The molecule has 30 heavy (non-hydrogen) atoms. The molecule has 2 aromatic heterocycles. The zero-order valence-electron chi connectivity index (χ0n) is 17.2. The van der Waals surface area contributed by atoms with Gasteiger partial charge in [0.25, 0.3) is 0 Å². The second kappa shape index (κ2) is 8.47. The fourth-order valence-electron chi connectivity index (χ4n) is 3.94. The molecule has 3 heterocycles. The first kappa shape index (κ1) is 20.4. The van der Waals surface area contributed by atoms with E-state index in [1.54, 1.807) is 13.1 Å². The Morgan fingerprint density at radius 2 is 2.27 bits per heavy atom. The molecule has 0 aromatic carbocycles. The van der Waals surface area contributed by atoms with Gasteiger partial charge in [0.05, 0.1) is 18.3 Å². The number of H-pyrrole nitrogens is 1. The Balaban J connectivity index is 1.25. The number of rotatable bonds is 6. The lowest BCUT2D eigenvalue weighted by molar-refractivity contribution is -0.115. The van der Waals surface area contributed by atoms with E-state index >= 15 is 0 Å². The second-order valence-electron chi connectivity index (χ2n) is 8.32. The average Bonchev–Trinajstić information content (AvgIpc) is 3.45. The highest BCUT2D eigenvalue weighted by Crippen LogP contribution is 2.36. The van der Waals surface area contributed by atoms with Crippen molar-refractivity contribution in [2.45, 2.75) is 63.5 Å². The van der Waals surface area contributed by atoms with Crippen LogP contribution in [0.25, 0.3) is 0 Å². The predicted octanol–water partition coefficient (Wildman–Crippen LogP) is 2.43. The predicted molar refractivity (Wildman–Crippen MR) is 106 cm³/mol. The van der Waals surface area contributed by atoms with Crippen molar-refractivity contribution < 1.29 is 23.5 Å². The van der Waals surface area contributed by atoms with Crippen molar-refractivity contribution in [3.05, 3.63) is 29.6 Å². The van der Waals surface area contributed by atoms with Gasteiger partial charge in [-0.1, -0.05) is 0 Å². The number of aryl methyl sites for hydroxylation is 1. The summed E-state index contributed by atoms with van der Waals surface area (Å²) in [6, 6.07) is 1.82. The van der Waals surface area contributed by atoms with Gasteiger partial charge in [-0.25, -0.2) is 9.78 Å². The number of carbonyl (C=O) groups excluding carboxylic acids is 2. The van der Waals surface area contributed by atoms with Crippen LogP contribution in [0.2, 0.25) is 0 Å². The maximum atomic E-state index is 12.2. The number of oxazole rings is 1. The number of hydrogen-bond donors (Lipinski definition) is 3. The quantitative estimate of drug-likeness (QED) is 0.658. The van der Waals surface area contributed by atoms with E-state index in [1.807, 2.05) is 13.0 Å². The van der Waals surface area contributed by atoms with Crippen LogP contribution in [0, 0.1) is 6.92 Å². The molecule has 3 N–H and O–H groups in total. The van der Waals surface area contributed by atoms with Crippen molar-refractivity contribution in [2.24, 2.45) is 0 Å². The SMILES string of the molecule is Cc1cnc(CC(=O)Nc2cc([C@@H]3CC[C@H](OC(=O)NC4(C)CCOC4)C3)[nH]n2)o1. The number of ether oxygens (including phenoxy) is 2. The molecule has 1 aliphatic heterocycles. The first-order valence-electron chi connectivity index (χ1n) is 10.2. The summed E-state index contributed by atoms with van der Waals surface area (Å²) >= 11 is 0. The van der Waals surface area contributed by atoms with Gasteiger partial charge in [0.15, 0.2) is 5.82 Å². The average molecular weight is 417 g/mol. The van der Waals surface area contributed by atoms with Gasteiger partial charge in [0.2, 0.25) is 11.8 Å². The Kier molecular flexibility index (Phi) is 5.76. The Labute approximate surface area is 174 Å². The van der Waals surface area contributed by atoms with Gasteiger partial charge in [0, 0.05) is 24.3 Å². The van der Waals surface area contributed by atoms with Crippen LogP contribution < -0.4 is 10.6 Å². The van der Waals surface area contributed by atoms with Crippen molar-refractivity contribution in [3.8, 4) is 0 Å². The Bertz CT molecular complexity index is 901. The fraction of sp³-hybridized carbons (Fsp3) is 0.600. The number of alkyl carbamates (subject to hydrolysis) is 1. The van der Waals surface area contributed by atoms with Gasteiger partial charge < -0.3 is 24.5 Å². The maximum Gasteiger partial charge on any atom is 0.407 e. The van der Waals surface area contributed by atoms with E-state index in [0.29, 0.717) is 37.1 Å². The third kappa shape index (κ3) is 4.99. The number of hydrogen-bond acceptors (Lipinski definition) is 7. The van der Waals surface area contributed by atoms with E-state index < -0.39 is 6.09 Å². The van der Waals surface area contributed by atoms with E-state index in [1.165, 1.54) is 0 Å². The van der Waals surface area contributed by atoms with Gasteiger partial charge in [-0.3, -0.25) is 9.89 Å². The minimum Gasteiger partial charge on any atom is -0.446 e. The molecule has 1 aliphatic carbocycles. The van der Waals surface area contributed by atoms with Crippen molar-refractivity contribution in [2.75, 3.05) is 18.5 Å². The summed E-state index contributed by atoms with van der Waals surface area (Å²) in [4.78, 5) is 28.4. The largest absolute Gasteiger partial charge is 0.446 e. The molecule has 1 saturated heterocycles. The lowest BCUT2D eigenvalue weighted by atomic mass is 10.0. The molecular weight excluding hydrogens is 390 g/mol. The summed E-state index contributed by atoms with van der Waals surface area (Å²) in [6.45, 7) is 4.90. The van der Waals surface area contributed by atoms with Crippen LogP contribution in [0.5, 0.6) is 0 Å². The topological polar surface area (TPSA) is 131 Å². The summed E-state index contributed by atoms with van der Waals surface area (Å²) in [7, 11) is 0. The lowest BCUT2D eigenvalue weighted by Crippen LogP contribution is -2.47. The number of nitrogens with one attached hydrogen (secondary N) is 3.